The topological polar surface area (TPSA) is 48.2 Å². The van der Waals surface area contributed by atoms with Gasteiger partial charge in [0.05, 0.1) is 7.11 Å². The van der Waals surface area contributed by atoms with Crippen LogP contribution in [0, 0.1) is 0 Å². The summed E-state index contributed by atoms with van der Waals surface area (Å²) >= 11 is 0. The largest absolute Gasteiger partial charge is 0.497 e. The van der Waals surface area contributed by atoms with Crippen LogP contribution in [0.1, 0.15) is 25.6 Å². The van der Waals surface area contributed by atoms with Crippen LogP contribution in [0.2, 0.25) is 0 Å². The van der Waals surface area contributed by atoms with E-state index in [1.807, 2.05) is 50.2 Å². The Labute approximate surface area is 117 Å². The Balaban J connectivity index is 2.03. The fraction of sp³-hybridized carbons (Fsp3) is 0.250. The van der Waals surface area contributed by atoms with Crippen LogP contribution in [0.4, 0.5) is 0 Å². The van der Waals surface area contributed by atoms with Gasteiger partial charge in [0.1, 0.15) is 5.75 Å². The van der Waals surface area contributed by atoms with Gasteiger partial charge in [-0.05, 0) is 35.0 Å². The average molecular weight is 268 g/mol. The van der Waals surface area contributed by atoms with Gasteiger partial charge < -0.3 is 9.26 Å². The molecule has 0 spiro atoms. The number of aromatic nitrogens is 2. The maximum atomic E-state index is 5.32. The van der Waals surface area contributed by atoms with Crippen molar-refractivity contribution in [3.63, 3.8) is 0 Å². The van der Waals surface area contributed by atoms with Crippen LogP contribution in [0.3, 0.4) is 0 Å². The molecule has 0 aliphatic heterocycles. The molecule has 0 N–H and O–H groups in total. The van der Waals surface area contributed by atoms with Crippen LogP contribution in [-0.4, -0.2) is 17.3 Å². The van der Waals surface area contributed by atoms with Crippen molar-refractivity contribution in [2.75, 3.05) is 7.11 Å². The highest BCUT2D eigenvalue weighted by molar-refractivity contribution is 5.87. The highest BCUT2D eigenvalue weighted by Gasteiger charge is 2.11. The first-order chi connectivity index (χ1) is 9.67. The molecule has 0 saturated carbocycles. The Morgan fingerprint density at radius 1 is 1.05 bits per heavy atom. The fourth-order valence-corrected chi connectivity index (χ4v) is 2.07. The molecule has 0 saturated heterocycles. The van der Waals surface area contributed by atoms with Gasteiger partial charge in [-0.1, -0.05) is 31.1 Å². The molecule has 1 heterocycles. The number of hydrogen-bond acceptors (Lipinski definition) is 4. The molecule has 0 unspecified atom stereocenters. The van der Waals surface area contributed by atoms with Crippen molar-refractivity contribution in [3.8, 4) is 17.2 Å². The predicted octanol–water partition coefficient (Wildman–Crippen LogP) is 4.02. The second-order valence-corrected chi connectivity index (χ2v) is 5.04. The highest BCUT2D eigenvalue weighted by Crippen LogP contribution is 2.26. The van der Waals surface area contributed by atoms with Gasteiger partial charge in [0.25, 0.3) is 5.89 Å². The van der Waals surface area contributed by atoms with Crippen LogP contribution in [0.15, 0.2) is 40.9 Å². The third kappa shape index (κ3) is 2.25. The minimum absolute atomic E-state index is 0.261. The van der Waals surface area contributed by atoms with E-state index in [1.54, 1.807) is 7.11 Å². The first-order valence-corrected chi connectivity index (χ1v) is 6.59. The van der Waals surface area contributed by atoms with Gasteiger partial charge in [-0.2, -0.15) is 4.98 Å². The van der Waals surface area contributed by atoms with Gasteiger partial charge >= 0.3 is 0 Å². The molecule has 0 atom stereocenters. The van der Waals surface area contributed by atoms with E-state index in [4.69, 9.17) is 9.26 Å². The average Bonchev–Trinajstić information content (AvgIpc) is 2.96. The predicted molar refractivity (Wildman–Crippen MR) is 77.9 cm³/mol. The molecule has 0 fully saturated rings. The molecule has 0 aliphatic rings. The number of nitrogens with zero attached hydrogens (tertiary/aromatic N) is 2. The van der Waals surface area contributed by atoms with Crippen molar-refractivity contribution < 1.29 is 9.26 Å². The molecule has 102 valence electrons. The summed E-state index contributed by atoms with van der Waals surface area (Å²) in [6.45, 7) is 4.09. The van der Waals surface area contributed by atoms with Crippen LogP contribution in [0.5, 0.6) is 5.75 Å². The van der Waals surface area contributed by atoms with Crippen LogP contribution in [0.25, 0.3) is 22.2 Å². The minimum atomic E-state index is 0.261. The lowest BCUT2D eigenvalue weighted by molar-refractivity contribution is 0.415. The van der Waals surface area contributed by atoms with Crippen LogP contribution < -0.4 is 4.74 Å². The Kier molecular flexibility index (Phi) is 3.14. The van der Waals surface area contributed by atoms with Gasteiger partial charge in [0, 0.05) is 11.5 Å². The molecule has 0 aliphatic carbocycles. The van der Waals surface area contributed by atoms with Crippen molar-refractivity contribution in [2.24, 2.45) is 0 Å². The number of benzene rings is 2. The molecule has 20 heavy (non-hydrogen) atoms. The van der Waals surface area contributed by atoms with Crippen molar-refractivity contribution in [1.82, 2.24) is 10.1 Å². The molecule has 3 aromatic rings. The summed E-state index contributed by atoms with van der Waals surface area (Å²) in [6.07, 6.45) is 0. The second-order valence-electron chi connectivity index (χ2n) is 5.04. The quantitative estimate of drug-likeness (QED) is 0.719. The molecule has 1 aromatic heterocycles. The number of ether oxygens (including phenoxy) is 1. The maximum Gasteiger partial charge on any atom is 0.257 e. The van der Waals surface area contributed by atoms with Gasteiger partial charge in [-0.3, -0.25) is 0 Å². The second kappa shape index (κ2) is 4.96. The van der Waals surface area contributed by atoms with E-state index in [0.29, 0.717) is 5.89 Å². The summed E-state index contributed by atoms with van der Waals surface area (Å²) in [5.74, 6) is 2.41. The van der Waals surface area contributed by atoms with Crippen molar-refractivity contribution in [3.05, 3.63) is 42.2 Å². The zero-order valence-corrected chi connectivity index (χ0v) is 11.8. The molecular weight excluding hydrogens is 252 g/mol. The van der Waals surface area contributed by atoms with Crippen LogP contribution >= 0.6 is 0 Å². The Morgan fingerprint density at radius 2 is 1.80 bits per heavy atom. The van der Waals surface area contributed by atoms with Crippen molar-refractivity contribution >= 4 is 10.8 Å². The van der Waals surface area contributed by atoms with Crippen LogP contribution in [-0.2, 0) is 0 Å². The summed E-state index contributed by atoms with van der Waals surface area (Å²) in [7, 11) is 1.67. The SMILES string of the molecule is COc1ccc2cc(-c3nc(C(C)C)no3)ccc2c1. The summed E-state index contributed by atoms with van der Waals surface area (Å²) in [4.78, 5) is 4.42. The van der Waals surface area contributed by atoms with E-state index < -0.39 is 0 Å². The summed E-state index contributed by atoms with van der Waals surface area (Å²) in [6, 6.07) is 12.0. The number of methoxy groups -OCH3 is 1. The number of rotatable bonds is 3. The Bertz CT molecular complexity index is 747. The Hall–Kier alpha value is -2.36. The van der Waals surface area contributed by atoms with Gasteiger partial charge in [-0.25, -0.2) is 0 Å². The summed E-state index contributed by atoms with van der Waals surface area (Å²) in [5, 5.41) is 6.23. The Morgan fingerprint density at radius 3 is 2.50 bits per heavy atom. The monoisotopic (exact) mass is 268 g/mol. The maximum absolute atomic E-state index is 5.32. The van der Waals surface area contributed by atoms with Gasteiger partial charge in [-0.15, -0.1) is 0 Å². The highest BCUT2D eigenvalue weighted by atomic mass is 16.5. The minimum Gasteiger partial charge on any atom is -0.497 e. The number of hydrogen-bond donors (Lipinski definition) is 0. The normalized spacial score (nSPS) is 11.2. The van der Waals surface area contributed by atoms with Gasteiger partial charge in [0.15, 0.2) is 5.82 Å². The van der Waals surface area contributed by atoms with E-state index in [-0.39, 0.29) is 5.92 Å². The third-order valence-corrected chi connectivity index (χ3v) is 3.25. The van der Waals surface area contributed by atoms with E-state index >= 15 is 0 Å². The smallest absolute Gasteiger partial charge is 0.257 e. The molecule has 4 nitrogen and oxygen atoms in total. The first-order valence-electron chi connectivity index (χ1n) is 6.59. The molecular formula is C16H16N2O2. The molecule has 0 radical (unpaired) electrons. The number of fused-ring (bicyclic) bond motifs is 1. The zero-order valence-electron chi connectivity index (χ0n) is 11.8. The van der Waals surface area contributed by atoms with E-state index in [1.165, 1.54) is 0 Å². The van der Waals surface area contributed by atoms with E-state index in [2.05, 4.69) is 10.1 Å². The zero-order chi connectivity index (χ0) is 14.1. The van der Waals surface area contributed by atoms with E-state index in [9.17, 15) is 0 Å². The molecule has 4 heteroatoms. The lowest BCUT2D eigenvalue weighted by Crippen LogP contribution is -1.89. The summed E-state index contributed by atoms with van der Waals surface area (Å²) in [5.41, 5.74) is 0.932. The lowest BCUT2D eigenvalue weighted by atomic mass is 10.1. The van der Waals surface area contributed by atoms with Crippen molar-refractivity contribution in [2.45, 2.75) is 19.8 Å². The molecule has 0 amide bonds. The molecule has 2 aromatic carbocycles. The van der Waals surface area contributed by atoms with E-state index in [0.717, 1.165) is 27.9 Å². The van der Waals surface area contributed by atoms with Gasteiger partial charge in [0.2, 0.25) is 0 Å². The third-order valence-electron chi connectivity index (χ3n) is 3.25. The summed E-state index contributed by atoms with van der Waals surface area (Å²) < 4.78 is 10.5. The lowest BCUT2D eigenvalue weighted by Gasteiger charge is -2.03. The standard InChI is InChI=1S/C16H16N2O2/c1-10(2)15-17-16(20-18-15)13-5-4-12-9-14(19-3)7-6-11(12)8-13/h4-10H,1-3H3. The van der Waals surface area contributed by atoms with Crippen molar-refractivity contribution in [1.29, 1.82) is 0 Å². The molecule has 0 bridgehead atoms. The fourth-order valence-electron chi connectivity index (χ4n) is 2.07. The molecule has 3 rings (SSSR count). The first kappa shape index (κ1) is 12.7.